The quantitative estimate of drug-likeness (QED) is 0.387. The summed E-state index contributed by atoms with van der Waals surface area (Å²) in [5, 5.41) is 10.9. The van der Waals surface area contributed by atoms with E-state index in [1.807, 2.05) is 69.3 Å². The Morgan fingerprint density at radius 3 is 2.41 bits per heavy atom. The lowest BCUT2D eigenvalue weighted by atomic mass is 10.1. The Labute approximate surface area is 196 Å². The summed E-state index contributed by atoms with van der Waals surface area (Å²) in [5.74, 6) is 1.60. The number of benzene rings is 2. The zero-order chi connectivity index (χ0) is 23.7. The molecular weight excluding hydrogens is 426 g/mol. The molecule has 1 amide bonds. The van der Waals surface area contributed by atoms with E-state index in [0.29, 0.717) is 17.2 Å². The Balaban J connectivity index is 1.37. The molecule has 0 aliphatic carbocycles. The van der Waals surface area contributed by atoms with Crippen LogP contribution in [0, 0.1) is 20.8 Å². The van der Waals surface area contributed by atoms with Gasteiger partial charge in [0.15, 0.2) is 5.82 Å². The number of pyridine rings is 1. The van der Waals surface area contributed by atoms with Gasteiger partial charge in [-0.1, -0.05) is 6.07 Å². The number of hydrogen-bond donors (Lipinski definition) is 2. The zero-order valence-electron chi connectivity index (χ0n) is 19.1. The normalized spacial score (nSPS) is 10.9. The highest BCUT2D eigenvalue weighted by atomic mass is 16.1. The predicted molar refractivity (Wildman–Crippen MR) is 132 cm³/mol. The van der Waals surface area contributed by atoms with Crippen LogP contribution < -0.4 is 10.6 Å². The van der Waals surface area contributed by atoms with Crippen LogP contribution in [0.3, 0.4) is 0 Å². The van der Waals surface area contributed by atoms with Crippen molar-refractivity contribution in [1.82, 2.24) is 24.6 Å². The molecule has 168 valence electrons. The Kier molecular flexibility index (Phi) is 5.47. The number of carbonyl (C=O) groups excluding carboxylic acids is 1. The molecule has 2 N–H and O–H groups in total. The SMILES string of the molecule is Cc1cc(Nc2ccc(C(=O)Nc3ccc(C)c(C)c3)cc2)n2nc(-c3cccnc3)nc2n1. The van der Waals surface area contributed by atoms with Gasteiger partial charge in [0.1, 0.15) is 5.82 Å². The summed E-state index contributed by atoms with van der Waals surface area (Å²) in [6.07, 6.45) is 3.43. The van der Waals surface area contributed by atoms with Crippen LogP contribution in [-0.4, -0.2) is 30.5 Å². The number of anilines is 3. The summed E-state index contributed by atoms with van der Waals surface area (Å²) in [7, 11) is 0. The molecule has 0 aliphatic heterocycles. The molecule has 0 fully saturated rings. The Bertz CT molecular complexity index is 1490. The first-order valence-corrected chi connectivity index (χ1v) is 10.9. The third kappa shape index (κ3) is 4.33. The molecule has 0 bridgehead atoms. The average Bonchev–Trinajstić information content (AvgIpc) is 3.27. The molecule has 0 atom stereocenters. The highest BCUT2D eigenvalue weighted by Gasteiger charge is 2.13. The molecular formula is C26H23N7O. The first-order chi connectivity index (χ1) is 16.5. The van der Waals surface area contributed by atoms with E-state index < -0.39 is 0 Å². The summed E-state index contributed by atoms with van der Waals surface area (Å²) in [5.41, 5.74) is 6.11. The first kappa shape index (κ1) is 21.3. The standard InChI is InChI=1S/C26H23N7O/c1-16-6-9-22(13-17(16)2)30-25(34)19-7-10-21(11-8-19)29-23-14-18(3)28-26-31-24(32-33(23)26)20-5-4-12-27-15-20/h4-15,29H,1-3H3,(H,30,34). The molecule has 8 heteroatoms. The number of nitrogens with one attached hydrogen (secondary N) is 2. The lowest BCUT2D eigenvalue weighted by molar-refractivity contribution is 0.102. The molecule has 3 aromatic heterocycles. The Morgan fingerprint density at radius 1 is 0.882 bits per heavy atom. The fourth-order valence-corrected chi connectivity index (χ4v) is 3.57. The fraction of sp³-hybridized carbons (Fsp3) is 0.115. The van der Waals surface area contributed by atoms with Gasteiger partial charge in [0.25, 0.3) is 11.7 Å². The maximum absolute atomic E-state index is 12.7. The number of hydrogen-bond acceptors (Lipinski definition) is 6. The highest BCUT2D eigenvalue weighted by molar-refractivity contribution is 6.04. The minimum atomic E-state index is -0.158. The van der Waals surface area contributed by atoms with Gasteiger partial charge in [-0.3, -0.25) is 9.78 Å². The van der Waals surface area contributed by atoms with Crippen LogP contribution in [0.15, 0.2) is 73.1 Å². The molecule has 3 heterocycles. The third-order valence-electron chi connectivity index (χ3n) is 5.54. The maximum Gasteiger partial charge on any atom is 0.255 e. The Morgan fingerprint density at radius 2 is 1.68 bits per heavy atom. The van der Waals surface area contributed by atoms with Crippen LogP contribution in [0.2, 0.25) is 0 Å². The smallest absolute Gasteiger partial charge is 0.255 e. The van der Waals surface area contributed by atoms with Crippen molar-refractivity contribution in [2.24, 2.45) is 0 Å². The summed E-state index contributed by atoms with van der Waals surface area (Å²) >= 11 is 0. The number of aryl methyl sites for hydroxylation is 3. The van der Waals surface area contributed by atoms with Gasteiger partial charge in [-0.2, -0.15) is 9.50 Å². The molecule has 0 unspecified atom stereocenters. The van der Waals surface area contributed by atoms with Crippen molar-refractivity contribution >= 4 is 28.9 Å². The number of carbonyl (C=O) groups is 1. The number of nitrogens with zero attached hydrogens (tertiary/aromatic N) is 5. The fourth-order valence-electron chi connectivity index (χ4n) is 3.57. The summed E-state index contributed by atoms with van der Waals surface area (Å²) in [6.45, 7) is 5.98. The average molecular weight is 450 g/mol. The molecule has 0 radical (unpaired) electrons. The summed E-state index contributed by atoms with van der Waals surface area (Å²) in [6, 6.07) is 18.8. The van der Waals surface area contributed by atoms with Gasteiger partial charge >= 0.3 is 0 Å². The van der Waals surface area contributed by atoms with Crippen LogP contribution in [0.25, 0.3) is 17.2 Å². The molecule has 0 saturated heterocycles. The van der Waals surface area contributed by atoms with Crippen molar-refractivity contribution in [3.63, 3.8) is 0 Å². The van der Waals surface area contributed by atoms with Crippen molar-refractivity contribution in [1.29, 1.82) is 0 Å². The largest absolute Gasteiger partial charge is 0.340 e. The number of fused-ring (bicyclic) bond motifs is 1. The molecule has 0 saturated carbocycles. The van der Waals surface area contributed by atoms with E-state index >= 15 is 0 Å². The van der Waals surface area contributed by atoms with Crippen LogP contribution in [0.1, 0.15) is 27.2 Å². The van der Waals surface area contributed by atoms with E-state index in [1.54, 1.807) is 29.0 Å². The lowest BCUT2D eigenvalue weighted by Gasteiger charge is -2.10. The predicted octanol–water partition coefficient (Wildman–Crippen LogP) is 5.11. The van der Waals surface area contributed by atoms with Gasteiger partial charge in [-0.15, -0.1) is 5.10 Å². The second-order valence-corrected chi connectivity index (χ2v) is 8.13. The molecule has 5 rings (SSSR count). The second-order valence-electron chi connectivity index (χ2n) is 8.13. The van der Waals surface area contributed by atoms with E-state index in [2.05, 4.69) is 30.7 Å². The summed E-state index contributed by atoms with van der Waals surface area (Å²) < 4.78 is 1.66. The van der Waals surface area contributed by atoms with E-state index in [9.17, 15) is 4.79 Å². The van der Waals surface area contributed by atoms with E-state index in [1.165, 1.54) is 5.56 Å². The first-order valence-electron chi connectivity index (χ1n) is 10.9. The van der Waals surface area contributed by atoms with Crippen molar-refractivity contribution in [3.8, 4) is 11.4 Å². The van der Waals surface area contributed by atoms with Gasteiger partial charge in [-0.05, 0) is 80.4 Å². The van der Waals surface area contributed by atoms with Crippen LogP contribution in [0.5, 0.6) is 0 Å². The lowest BCUT2D eigenvalue weighted by Crippen LogP contribution is -2.12. The monoisotopic (exact) mass is 449 g/mol. The van der Waals surface area contributed by atoms with Crippen molar-refractivity contribution in [2.75, 3.05) is 10.6 Å². The molecule has 34 heavy (non-hydrogen) atoms. The molecule has 0 aliphatic rings. The highest BCUT2D eigenvalue weighted by Crippen LogP contribution is 2.22. The summed E-state index contributed by atoms with van der Waals surface area (Å²) in [4.78, 5) is 25.8. The van der Waals surface area contributed by atoms with Gasteiger partial charge in [0.05, 0.1) is 0 Å². The number of aromatic nitrogens is 5. The molecule has 5 aromatic rings. The van der Waals surface area contributed by atoms with Gasteiger partial charge < -0.3 is 10.6 Å². The van der Waals surface area contributed by atoms with Crippen LogP contribution in [0.4, 0.5) is 17.2 Å². The van der Waals surface area contributed by atoms with E-state index in [4.69, 9.17) is 0 Å². The van der Waals surface area contributed by atoms with Crippen molar-refractivity contribution in [3.05, 3.63) is 95.4 Å². The van der Waals surface area contributed by atoms with E-state index in [-0.39, 0.29) is 5.91 Å². The van der Waals surface area contributed by atoms with Gasteiger partial charge in [0, 0.05) is 46.7 Å². The van der Waals surface area contributed by atoms with Gasteiger partial charge in [-0.25, -0.2) is 4.98 Å². The van der Waals surface area contributed by atoms with Gasteiger partial charge in [0.2, 0.25) is 0 Å². The van der Waals surface area contributed by atoms with E-state index in [0.717, 1.165) is 34.0 Å². The topological polar surface area (TPSA) is 97.1 Å². The maximum atomic E-state index is 12.7. The molecule has 8 nitrogen and oxygen atoms in total. The molecule has 0 spiro atoms. The van der Waals surface area contributed by atoms with Crippen molar-refractivity contribution < 1.29 is 4.79 Å². The molecule has 2 aromatic carbocycles. The number of amides is 1. The minimum absolute atomic E-state index is 0.158. The second kappa shape index (κ2) is 8.74. The number of rotatable bonds is 5. The minimum Gasteiger partial charge on any atom is -0.340 e. The Hall–Kier alpha value is -4.59. The van der Waals surface area contributed by atoms with Crippen LogP contribution >= 0.6 is 0 Å². The zero-order valence-corrected chi connectivity index (χ0v) is 19.1. The van der Waals surface area contributed by atoms with Crippen LogP contribution in [-0.2, 0) is 0 Å². The van der Waals surface area contributed by atoms with Crippen molar-refractivity contribution in [2.45, 2.75) is 20.8 Å². The third-order valence-corrected chi connectivity index (χ3v) is 5.54.